The lowest BCUT2D eigenvalue weighted by Gasteiger charge is -2.23. The topological polar surface area (TPSA) is 144 Å². The minimum Gasteiger partial charge on any atom is -0.495 e. The number of carboxylic acids is 1. The monoisotopic (exact) mass is 518 g/mol. The fraction of sp³-hybridized carbons (Fsp3) is 0.136. The van der Waals surface area contributed by atoms with Gasteiger partial charge in [-0.2, -0.15) is 0 Å². The maximum atomic E-state index is 13.7. The van der Waals surface area contributed by atoms with Crippen molar-refractivity contribution in [1.29, 1.82) is 0 Å². The molecule has 0 fully saturated rings. The van der Waals surface area contributed by atoms with E-state index in [4.69, 9.17) is 21.1 Å². The molecule has 0 aliphatic carbocycles. The number of aromatic nitrogens is 3. The molecule has 0 unspecified atom stereocenters. The Hall–Kier alpha value is -4.03. The first-order valence-corrected chi connectivity index (χ1v) is 11.8. The van der Waals surface area contributed by atoms with E-state index < -0.39 is 21.7 Å². The van der Waals surface area contributed by atoms with Gasteiger partial charge < -0.3 is 19.6 Å². The summed E-state index contributed by atoms with van der Waals surface area (Å²) >= 11 is 6.41. The van der Waals surface area contributed by atoms with Crippen molar-refractivity contribution in [2.24, 2.45) is 0 Å². The second-order valence-electron chi connectivity index (χ2n) is 7.24. The van der Waals surface area contributed by atoms with E-state index in [9.17, 15) is 23.1 Å². The molecule has 2 aromatic carbocycles. The van der Waals surface area contributed by atoms with Gasteiger partial charge in [0, 0.05) is 13.1 Å². The Morgan fingerprint density at radius 1 is 1.11 bits per heavy atom. The number of fused-ring (bicyclic) bond motifs is 1. The summed E-state index contributed by atoms with van der Waals surface area (Å²) in [6.07, 6.45) is 0. The maximum absolute atomic E-state index is 13.7. The lowest BCUT2D eigenvalue weighted by Crippen LogP contribution is -2.28. The third-order valence-corrected chi connectivity index (χ3v) is 7.38. The first kappa shape index (κ1) is 24.1. The van der Waals surface area contributed by atoms with Crippen LogP contribution < -0.4 is 19.5 Å². The molecule has 2 heterocycles. The number of H-pyrrole nitrogens is 1. The molecule has 0 saturated carbocycles. The number of pyridine rings is 1. The van der Waals surface area contributed by atoms with Crippen molar-refractivity contribution < 1.29 is 27.8 Å². The van der Waals surface area contributed by atoms with Gasteiger partial charge in [0.25, 0.3) is 10.0 Å². The van der Waals surface area contributed by atoms with E-state index in [0.29, 0.717) is 5.75 Å². The predicted molar refractivity (Wildman–Crippen MR) is 129 cm³/mol. The van der Waals surface area contributed by atoms with Gasteiger partial charge in [0.15, 0.2) is 11.3 Å². The highest BCUT2D eigenvalue weighted by Crippen LogP contribution is 2.37. The molecule has 0 saturated heterocycles. The number of methoxy groups -OCH3 is 2. The molecule has 4 aromatic rings. The Morgan fingerprint density at radius 2 is 1.80 bits per heavy atom. The largest absolute Gasteiger partial charge is 0.495 e. The van der Waals surface area contributed by atoms with Crippen LogP contribution in [0.1, 0.15) is 10.5 Å². The number of ether oxygens (including phenoxy) is 2. The third kappa shape index (κ3) is 4.06. The molecule has 0 spiro atoms. The highest BCUT2D eigenvalue weighted by atomic mass is 35.5. The van der Waals surface area contributed by atoms with Crippen LogP contribution in [0.15, 0.2) is 58.2 Å². The number of aromatic amines is 1. The van der Waals surface area contributed by atoms with E-state index >= 15 is 0 Å². The Labute approximate surface area is 204 Å². The van der Waals surface area contributed by atoms with Crippen molar-refractivity contribution in [1.82, 2.24) is 14.5 Å². The fourth-order valence-corrected chi connectivity index (χ4v) is 5.15. The van der Waals surface area contributed by atoms with Crippen molar-refractivity contribution in [2.75, 3.05) is 25.6 Å². The average Bonchev–Trinajstić information content (AvgIpc) is 3.17. The number of imidazole rings is 1. The van der Waals surface area contributed by atoms with Gasteiger partial charge in [-0.1, -0.05) is 23.7 Å². The summed E-state index contributed by atoms with van der Waals surface area (Å²) in [5.41, 5.74) is -0.565. The Bertz CT molecular complexity index is 1630. The molecule has 2 N–H and O–H groups in total. The molecule has 0 aliphatic rings. The lowest BCUT2D eigenvalue weighted by atomic mass is 10.3. The van der Waals surface area contributed by atoms with Crippen LogP contribution in [0.5, 0.6) is 11.5 Å². The molecular formula is C22H19ClN4O7S. The summed E-state index contributed by atoms with van der Waals surface area (Å²) in [5, 5.41) is 9.28. The zero-order valence-corrected chi connectivity index (χ0v) is 20.2. The minimum atomic E-state index is -4.26. The van der Waals surface area contributed by atoms with Gasteiger partial charge >= 0.3 is 11.7 Å². The molecule has 4 rings (SSSR count). The Morgan fingerprint density at radius 3 is 2.46 bits per heavy atom. The van der Waals surface area contributed by atoms with Crippen LogP contribution in [0, 0.1) is 0 Å². The number of carboxylic acid groups (broad SMARTS) is 1. The molecule has 0 amide bonds. The molecule has 0 aliphatic heterocycles. The second kappa shape index (κ2) is 8.96. The number of para-hydroxylation sites is 2. The molecule has 2 aromatic heterocycles. The van der Waals surface area contributed by atoms with Crippen molar-refractivity contribution in [3.8, 4) is 17.2 Å². The molecule has 0 bridgehead atoms. The SMILES string of the molecule is COc1ccccc1N(C)S(=O)(=O)c1cc(-n2c(=O)[nH]c3ccc(C(=O)O)nc32)c(Cl)cc1OC. The molecule has 182 valence electrons. The predicted octanol–water partition coefficient (Wildman–Crippen LogP) is 2.91. The number of nitrogens with one attached hydrogen (secondary N) is 1. The van der Waals surface area contributed by atoms with E-state index in [1.807, 2.05) is 0 Å². The van der Waals surface area contributed by atoms with Crippen LogP contribution in [-0.4, -0.2) is 55.3 Å². The molecule has 0 radical (unpaired) electrons. The van der Waals surface area contributed by atoms with Gasteiger partial charge in [-0.3, -0.25) is 4.31 Å². The van der Waals surface area contributed by atoms with E-state index in [2.05, 4.69) is 9.97 Å². The van der Waals surface area contributed by atoms with Crippen LogP contribution in [0.2, 0.25) is 5.02 Å². The quantitative estimate of drug-likeness (QED) is 0.380. The van der Waals surface area contributed by atoms with Gasteiger partial charge in [0.05, 0.1) is 36.1 Å². The number of halogens is 1. The Balaban J connectivity index is 1.97. The van der Waals surface area contributed by atoms with Crippen molar-refractivity contribution in [2.45, 2.75) is 4.90 Å². The van der Waals surface area contributed by atoms with Crippen LogP contribution in [0.25, 0.3) is 16.9 Å². The minimum absolute atomic E-state index is 0.0220. The highest BCUT2D eigenvalue weighted by molar-refractivity contribution is 7.93. The van der Waals surface area contributed by atoms with Gasteiger partial charge in [0.2, 0.25) is 0 Å². The summed E-state index contributed by atoms with van der Waals surface area (Å²) in [5.74, 6) is -1.04. The van der Waals surface area contributed by atoms with Crippen LogP contribution in [0.4, 0.5) is 5.69 Å². The number of sulfonamides is 1. The van der Waals surface area contributed by atoms with Crippen LogP contribution in [0.3, 0.4) is 0 Å². The highest BCUT2D eigenvalue weighted by Gasteiger charge is 2.29. The smallest absolute Gasteiger partial charge is 0.354 e. The number of nitrogens with zero attached hydrogens (tertiary/aromatic N) is 3. The van der Waals surface area contributed by atoms with Crippen molar-refractivity contribution in [3.05, 3.63) is 69.7 Å². The first-order chi connectivity index (χ1) is 16.6. The lowest BCUT2D eigenvalue weighted by molar-refractivity contribution is 0.0691. The number of anilines is 1. The third-order valence-electron chi connectivity index (χ3n) is 5.29. The van der Waals surface area contributed by atoms with E-state index in [1.165, 1.54) is 45.5 Å². The van der Waals surface area contributed by atoms with Gasteiger partial charge in [-0.15, -0.1) is 0 Å². The van der Waals surface area contributed by atoms with Crippen molar-refractivity contribution >= 4 is 44.4 Å². The summed E-state index contributed by atoms with van der Waals surface area (Å²) in [7, 11) is -0.207. The fourth-order valence-electron chi connectivity index (χ4n) is 3.55. The van der Waals surface area contributed by atoms with Gasteiger partial charge in [-0.05, 0) is 30.3 Å². The normalized spacial score (nSPS) is 11.4. The van der Waals surface area contributed by atoms with Crippen LogP contribution in [-0.2, 0) is 10.0 Å². The number of benzene rings is 2. The first-order valence-electron chi connectivity index (χ1n) is 9.95. The Kier molecular flexibility index (Phi) is 6.17. The average molecular weight is 519 g/mol. The number of aromatic carboxylic acids is 1. The molecule has 13 heteroatoms. The van der Waals surface area contributed by atoms with Crippen LogP contribution >= 0.6 is 11.6 Å². The number of carbonyl (C=O) groups is 1. The van der Waals surface area contributed by atoms with Gasteiger partial charge in [-0.25, -0.2) is 27.6 Å². The number of hydrogen-bond acceptors (Lipinski definition) is 7. The zero-order chi connectivity index (χ0) is 25.5. The summed E-state index contributed by atoms with van der Waals surface area (Å²) in [4.78, 5) is 30.5. The summed E-state index contributed by atoms with van der Waals surface area (Å²) in [6.45, 7) is 0. The summed E-state index contributed by atoms with van der Waals surface area (Å²) < 4.78 is 39.9. The van der Waals surface area contributed by atoms with E-state index in [-0.39, 0.29) is 43.9 Å². The standard InChI is InChI=1S/C22H19ClN4O7S/c1-26(15-6-4-5-7-17(15)33-2)35(31,32)19-11-16(12(23)10-18(19)34-3)27-20-13(25-22(27)30)8-9-14(24-20)21(28)29/h4-11H,1-3H3,(H,25,30)(H,28,29). The molecule has 35 heavy (non-hydrogen) atoms. The van der Waals surface area contributed by atoms with Gasteiger partial charge in [0.1, 0.15) is 16.4 Å². The summed E-state index contributed by atoms with van der Waals surface area (Å²) in [6, 6.07) is 11.6. The maximum Gasteiger partial charge on any atom is 0.354 e. The second-order valence-corrected chi connectivity index (χ2v) is 9.58. The number of hydrogen-bond donors (Lipinski definition) is 2. The number of rotatable bonds is 7. The molecule has 11 nitrogen and oxygen atoms in total. The molecule has 0 atom stereocenters. The van der Waals surface area contributed by atoms with E-state index in [0.717, 1.165) is 8.87 Å². The zero-order valence-electron chi connectivity index (χ0n) is 18.6. The van der Waals surface area contributed by atoms with E-state index in [1.54, 1.807) is 24.3 Å². The van der Waals surface area contributed by atoms with Crippen molar-refractivity contribution in [3.63, 3.8) is 0 Å². The molecular weight excluding hydrogens is 500 g/mol.